The number of furan rings is 1. The normalized spacial score (nSPS) is 21.5. The average molecular weight is 374 g/mol. The highest BCUT2D eigenvalue weighted by molar-refractivity contribution is 6.03. The maximum Gasteiger partial charge on any atom is 0.244 e. The summed E-state index contributed by atoms with van der Waals surface area (Å²) in [6.07, 6.45) is 4.29. The number of rotatable bonds is 5. The molecule has 1 amide bonds. The Morgan fingerprint density at radius 1 is 1.11 bits per heavy atom. The molecule has 0 N–H and O–H groups in total. The highest BCUT2D eigenvalue weighted by Crippen LogP contribution is 2.42. The van der Waals surface area contributed by atoms with Crippen molar-refractivity contribution < 1.29 is 13.9 Å². The number of piperazine rings is 1. The molecular weight excluding hydrogens is 352 g/mol. The minimum atomic E-state index is -0.0787. The van der Waals surface area contributed by atoms with Crippen LogP contribution in [-0.2, 0) is 11.3 Å². The molecule has 2 aromatic carbocycles. The molecule has 5 heteroatoms. The highest BCUT2D eigenvalue weighted by Gasteiger charge is 2.50. The van der Waals surface area contributed by atoms with Crippen LogP contribution in [0.1, 0.15) is 12.0 Å². The van der Waals surface area contributed by atoms with Gasteiger partial charge in [-0.1, -0.05) is 36.4 Å². The van der Waals surface area contributed by atoms with E-state index in [-0.39, 0.29) is 18.0 Å². The Bertz CT molecular complexity index is 984. The van der Waals surface area contributed by atoms with E-state index in [4.69, 9.17) is 9.15 Å². The van der Waals surface area contributed by atoms with Crippen LogP contribution >= 0.6 is 0 Å². The van der Waals surface area contributed by atoms with Crippen molar-refractivity contribution >= 4 is 11.6 Å². The predicted molar refractivity (Wildman–Crippen MR) is 107 cm³/mol. The van der Waals surface area contributed by atoms with Gasteiger partial charge in [-0.2, -0.15) is 0 Å². The number of benzene rings is 2. The zero-order chi connectivity index (χ0) is 19.1. The Morgan fingerprint density at radius 3 is 2.68 bits per heavy atom. The molecule has 2 aliphatic heterocycles. The van der Waals surface area contributed by atoms with Gasteiger partial charge in [0.25, 0.3) is 0 Å². The molecule has 0 spiro atoms. The largest absolute Gasteiger partial charge is 0.495 e. The number of anilines is 1. The molecule has 0 radical (unpaired) electrons. The van der Waals surface area contributed by atoms with E-state index in [9.17, 15) is 4.79 Å². The van der Waals surface area contributed by atoms with Gasteiger partial charge < -0.3 is 14.1 Å². The molecule has 28 heavy (non-hydrogen) atoms. The van der Waals surface area contributed by atoms with Gasteiger partial charge in [-0.25, -0.2) is 0 Å². The maximum absolute atomic E-state index is 13.2. The first kappa shape index (κ1) is 17.1. The van der Waals surface area contributed by atoms with Crippen LogP contribution in [0, 0.1) is 0 Å². The molecule has 5 rings (SSSR count). The van der Waals surface area contributed by atoms with E-state index in [0.717, 1.165) is 47.6 Å². The Hall–Kier alpha value is -3.05. The van der Waals surface area contributed by atoms with Crippen molar-refractivity contribution in [3.63, 3.8) is 0 Å². The number of carbonyl (C=O) groups is 1. The van der Waals surface area contributed by atoms with Crippen molar-refractivity contribution in [1.29, 1.82) is 0 Å². The van der Waals surface area contributed by atoms with E-state index in [1.54, 1.807) is 19.6 Å². The summed E-state index contributed by atoms with van der Waals surface area (Å²) in [7, 11) is 1.66. The second-order valence-corrected chi connectivity index (χ2v) is 7.43. The van der Waals surface area contributed by atoms with Gasteiger partial charge in [0, 0.05) is 18.7 Å². The van der Waals surface area contributed by atoms with Crippen molar-refractivity contribution in [3.05, 3.63) is 72.7 Å². The molecule has 2 atom stereocenters. The summed E-state index contributed by atoms with van der Waals surface area (Å²) >= 11 is 0. The quantitative estimate of drug-likeness (QED) is 0.679. The fraction of sp³-hybridized carbons (Fsp3) is 0.261. The third-order valence-electron chi connectivity index (χ3n) is 5.78. The molecule has 0 aliphatic carbocycles. The molecule has 3 aromatic rings. The number of amides is 1. The zero-order valence-corrected chi connectivity index (χ0v) is 15.7. The smallest absolute Gasteiger partial charge is 0.244 e. The number of ether oxygens (including phenoxy) is 1. The molecule has 2 saturated heterocycles. The maximum atomic E-state index is 13.2. The number of likely N-dealkylation sites (tertiary alicyclic amines) is 1. The first-order valence-corrected chi connectivity index (χ1v) is 9.56. The molecule has 1 aromatic heterocycles. The lowest BCUT2D eigenvalue weighted by Crippen LogP contribution is -2.50. The van der Waals surface area contributed by atoms with Gasteiger partial charge >= 0.3 is 0 Å². The van der Waals surface area contributed by atoms with Gasteiger partial charge in [0.15, 0.2) is 0 Å². The lowest BCUT2D eigenvalue weighted by atomic mass is 10.0. The van der Waals surface area contributed by atoms with Crippen LogP contribution in [0.5, 0.6) is 5.75 Å². The highest BCUT2D eigenvalue weighted by atomic mass is 16.5. The summed E-state index contributed by atoms with van der Waals surface area (Å²) in [5.41, 5.74) is 4.19. The summed E-state index contributed by atoms with van der Waals surface area (Å²) in [5, 5.41) is 0. The van der Waals surface area contributed by atoms with Crippen LogP contribution < -0.4 is 9.64 Å². The first-order chi connectivity index (χ1) is 13.7. The van der Waals surface area contributed by atoms with Crippen LogP contribution in [0.15, 0.2) is 71.5 Å². The SMILES string of the molecule is COc1ccc(-c2ccccc2)cc1N1C(=O)[C@@H]2C[C@H]1CN2Cc1ccoc1. The lowest BCUT2D eigenvalue weighted by Gasteiger charge is -2.34. The molecule has 5 nitrogen and oxygen atoms in total. The molecule has 142 valence electrons. The van der Waals surface area contributed by atoms with Gasteiger partial charge in [-0.15, -0.1) is 0 Å². The number of hydrogen-bond acceptors (Lipinski definition) is 4. The number of fused-ring (bicyclic) bond motifs is 2. The van der Waals surface area contributed by atoms with Gasteiger partial charge in [-0.3, -0.25) is 9.69 Å². The Balaban J connectivity index is 1.45. The second-order valence-electron chi connectivity index (χ2n) is 7.43. The van der Waals surface area contributed by atoms with Crippen LogP contribution in [0.3, 0.4) is 0 Å². The van der Waals surface area contributed by atoms with Crippen molar-refractivity contribution in [3.8, 4) is 16.9 Å². The van der Waals surface area contributed by atoms with E-state index in [1.807, 2.05) is 41.3 Å². The molecule has 0 unspecified atom stereocenters. The third kappa shape index (κ3) is 2.79. The van der Waals surface area contributed by atoms with Crippen LogP contribution in [0.2, 0.25) is 0 Å². The minimum absolute atomic E-state index is 0.0787. The molecule has 2 aliphatic rings. The van der Waals surface area contributed by atoms with Crippen LogP contribution in [-0.4, -0.2) is 36.5 Å². The van der Waals surface area contributed by atoms with E-state index in [1.165, 1.54) is 0 Å². The first-order valence-electron chi connectivity index (χ1n) is 9.56. The van der Waals surface area contributed by atoms with Gasteiger partial charge in [-0.05, 0) is 35.7 Å². The lowest BCUT2D eigenvalue weighted by molar-refractivity contribution is -0.122. The number of methoxy groups -OCH3 is 1. The summed E-state index contributed by atoms with van der Waals surface area (Å²) in [6, 6.07) is 18.3. The number of nitrogens with zero attached hydrogens (tertiary/aromatic N) is 2. The van der Waals surface area contributed by atoms with E-state index in [0.29, 0.717) is 0 Å². The van der Waals surface area contributed by atoms with Crippen molar-refractivity contribution in [2.75, 3.05) is 18.6 Å². The molecule has 2 bridgehead atoms. The Labute approximate surface area is 164 Å². The topological polar surface area (TPSA) is 45.9 Å². The third-order valence-corrected chi connectivity index (χ3v) is 5.78. The molecule has 3 heterocycles. The summed E-state index contributed by atoms with van der Waals surface area (Å²) < 4.78 is 10.8. The van der Waals surface area contributed by atoms with E-state index >= 15 is 0 Å². The van der Waals surface area contributed by atoms with E-state index < -0.39 is 0 Å². The standard InChI is InChI=1S/C23H22N2O3/c1-27-22-8-7-18(17-5-3-2-4-6-17)11-20(22)25-19-12-21(23(25)26)24(14-19)13-16-9-10-28-15-16/h2-11,15,19,21H,12-14H2,1H3/t19-,21-/m0/s1. The number of carbonyl (C=O) groups excluding carboxylic acids is 1. The number of hydrogen-bond donors (Lipinski definition) is 0. The second kappa shape index (κ2) is 6.84. The Kier molecular flexibility index (Phi) is 4.17. The average Bonchev–Trinajstić information content (AvgIpc) is 3.45. The molecular formula is C23H22N2O3. The van der Waals surface area contributed by atoms with Gasteiger partial charge in [0.05, 0.1) is 37.4 Å². The van der Waals surface area contributed by atoms with Crippen molar-refractivity contribution in [2.24, 2.45) is 0 Å². The van der Waals surface area contributed by atoms with Gasteiger partial charge in [0.2, 0.25) is 5.91 Å². The summed E-state index contributed by atoms with van der Waals surface area (Å²) in [4.78, 5) is 17.4. The summed E-state index contributed by atoms with van der Waals surface area (Å²) in [6.45, 7) is 1.61. The van der Waals surface area contributed by atoms with Crippen LogP contribution in [0.4, 0.5) is 5.69 Å². The predicted octanol–water partition coefficient (Wildman–Crippen LogP) is 3.94. The monoisotopic (exact) mass is 374 g/mol. The van der Waals surface area contributed by atoms with E-state index in [2.05, 4.69) is 23.1 Å². The fourth-order valence-corrected chi connectivity index (χ4v) is 4.46. The summed E-state index contributed by atoms with van der Waals surface area (Å²) in [5.74, 6) is 0.894. The molecule has 2 fully saturated rings. The van der Waals surface area contributed by atoms with Gasteiger partial charge in [0.1, 0.15) is 5.75 Å². The molecule has 0 saturated carbocycles. The van der Waals surface area contributed by atoms with Crippen LogP contribution in [0.25, 0.3) is 11.1 Å². The minimum Gasteiger partial charge on any atom is -0.495 e. The Morgan fingerprint density at radius 2 is 1.96 bits per heavy atom. The zero-order valence-electron chi connectivity index (χ0n) is 15.7. The van der Waals surface area contributed by atoms with Crippen molar-refractivity contribution in [2.45, 2.75) is 25.0 Å². The fourth-order valence-electron chi connectivity index (χ4n) is 4.46. The van der Waals surface area contributed by atoms with Crippen molar-refractivity contribution in [1.82, 2.24) is 4.90 Å².